The summed E-state index contributed by atoms with van der Waals surface area (Å²) in [4.78, 5) is 23.9. The monoisotopic (exact) mass is 371 g/mol. The van der Waals surface area contributed by atoms with Crippen LogP contribution < -0.4 is 10.1 Å². The molecular formula is C21H25NO5. The second kappa shape index (κ2) is 10.3. The highest BCUT2D eigenvalue weighted by Crippen LogP contribution is 2.18. The summed E-state index contributed by atoms with van der Waals surface area (Å²) in [6.07, 6.45) is 0. The summed E-state index contributed by atoms with van der Waals surface area (Å²) in [5, 5.41) is 2.73. The number of benzene rings is 2. The average molecular weight is 371 g/mol. The number of hydrogen-bond acceptors (Lipinski definition) is 5. The molecule has 0 fully saturated rings. The first kappa shape index (κ1) is 20.5. The van der Waals surface area contributed by atoms with Crippen molar-refractivity contribution >= 4 is 17.6 Å². The van der Waals surface area contributed by atoms with Crippen molar-refractivity contribution in [3.05, 3.63) is 59.2 Å². The Morgan fingerprint density at radius 1 is 1.00 bits per heavy atom. The van der Waals surface area contributed by atoms with Gasteiger partial charge in [-0.05, 0) is 56.7 Å². The van der Waals surface area contributed by atoms with Crippen LogP contribution >= 0.6 is 0 Å². The van der Waals surface area contributed by atoms with Gasteiger partial charge in [-0.25, -0.2) is 4.79 Å². The lowest BCUT2D eigenvalue weighted by Crippen LogP contribution is -2.20. The minimum absolute atomic E-state index is 0.0921. The van der Waals surface area contributed by atoms with E-state index in [1.54, 1.807) is 24.3 Å². The van der Waals surface area contributed by atoms with Gasteiger partial charge in [0.25, 0.3) is 5.91 Å². The van der Waals surface area contributed by atoms with Gasteiger partial charge in [0.1, 0.15) is 12.4 Å². The fraction of sp³-hybridized carbons (Fsp3) is 0.333. The third kappa shape index (κ3) is 6.75. The molecule has 0 bridgehead atoms. The Hall–Kier alpha value is -2.86. The van der Waals surface area contributed by atoms with Crippen LogP contribution in [0.15, 0.2) is 42.5 Å². The van der Waals surface area contributed by atoms with Crippen LogP contribution in [0, 0.1) is 13.8 Å². The highest BCUT2D eigenvalue weighted by molar-refractivity contribution is 5.93. The number of nitrogens with one attached hydrogen (secondary N) is 1. The van der Waals surface area contributed by atoms with Crippen molar-refractivity contribution in [2.75, 3.05) is 31.7 Å². The zero-order chi connectivity index (χ0) is 19.6. The smallest absolute Gasteiger partial charge is 0.338 e. The summed E-state index contributed by atoms with van der Waals surface area (Å²) in [6.45, 7) is 6.89. The molecule has 0 aliphatic rings. The Kier molecular flexibility index (Phi) is 7.82. The fourth-order valence-electron chi connectivity index (χ4n) is 2.41. The molecule has 0 saturated carbocycles. The van der Waals surface area contributed by atoms with Crippen molar-refractivity contribution in [2.24, 2.45) is 0 Å². The topological polar surface area (TPSA) is 73.9 Å². The fourth-order valence-corrected chi connectivity index (χ4v) is 2.41. The maximum absolute atomic E-state index is 12.0. The van der Waals surface area contributed by atoms with E-state index in [0.29, 0.717) is 30.2 Å². The summed E-state index contributed by atoms with van der Waals surface area (Å²) >= 11 is 0. The number of hydrogen-bond donors (Lipinski definition) is 1. The number of anilines is 1. The molecule has 2 rings (SSSR count). The first-order valence-corrected chi connectivity index (χ1v) is 8.84. The quantitative estimate of drug-likeness (QED) is 0.539. The van der Waals surface area contributed by atoms with Gasteiger partial charge in [0.05, 0.1) is 12.2 Å². The van der Waals surface area contributed by atoms with Crippen LogP contribution in [-0.4, -0.2) is 38.3 Å². The Labute approximate surface area is 159 Å². The SMILES string of the molecule is CCOCCOC(=O)c1ccc(NC(=O)COc2ccc(C)cc2C)cc1. The maximum Gasteiger partial charge on any atom is 0.338 e. The number of rotatable bonds is 9. The molecule has 1 amide bonds. The lowest BCUT2D eigenvalue weighted by atomic mass is 10.1. The molecule has 144 valence electrons. The van der Waals surface area contributed by atoms with Crippen LogP contribution in [-0.2, 0) is 14.3 Å². The molecule has 0 aliphatic heterocycles. The molecule has 2 aromatic carbocycles. The van der Waals surface area contributed by atoms with E-state index in [4.69, 9.17) is 14.2 Å². The molecule has 1 N–H and O–H groups in total. The first-order chi connectivity index (χ1) is 13.0. The lowest BCUT2D eigenvalue weighted by molar-refractivity contribution is -0.118. The maximum atomic E-state index is 12.0. The molecule has 0 radical (unpaired) electrons. The molecule has 0 spiro atoms. The second-order valence-corrected chi connectivity index (χ2v) is 6.02. The van der Waals surface area contributed by atoms with Crippen molar-refractivity contribution in [3.63, 3.8) is 0 Å². The van der Waals surface area contributed by atoms with E-state index >= 15 is 0 Å². The summed E-state index contributed by atoms with van der Waals surface area (Å²) in [7, 11) is 0. The van der Waals surface area contributed by atoms with E-state index in [1.165, 1.54) is 0 Å². The van der Waals surface area contributed by atoms with Crippen molar-refractivity contribution in [3.8, 4) is 5.75 Å². The molecule has 0 atom stereocenters. The molecule has 0 saturated heterocycles. The first-order valence-electron chi connectivity index (χ1n) is 8.84. The minimum atomic E-state index is -0.425. The Morgan fingerprint density at radius 3 is 2.41 bits per heavy atom. The summed E-state index contributed by atoms with van der Waals surface area (Å²) in [5.41, 5.74) is 3.11. The molecular weight excluding hydrogens is 346 g/mol. The van der Waals surface area contributed by atoms with Crippen molar-refractivity contribution in [1.29, 1.82) is 0 Å². The van der Waals surface area contributed by atoms with E-state index in [-0.39, 0.29) is 19.1 Å². The van der Waals surface area contributed by atoms with E-state index in [0.717, 1.165) is 11.1 Å². The average Bonchev–Trinajstić information content (AvgIpc) is 2.65. The van der Waals surface area contributed by atoms with Crippen molar-refractivity contribution in [1.82, 2.24) is 0 Å². The molecule has 0 aromatic heterocycles. The molecule has 6 nitrogen and oxygen atoms in total. The number of carbonyl (C=O) groups excluding carboxylic acids is 2. The van der Waals surface area contributed by atoms with Gasteiger partial charge < -0.3 is 19.5 Å². The van der Waals surface area contributed by atoms with Crippen LogP contribution in [0.2, 0.25) is 0 Å². The molecule has 27 heavy (non-hydrogen) atoms. The van der Waals surface area contributed by atoms with Gasteiger partial charge in [0.15, 0.2) is 6.61 Å². The van der Waals surface area contributed by atoms with E-state index in [9.17, 15) is 9.59 Å². The van der Waals surface area contributed by atoms with Crippen LogP contribution in [0.5, 0.6) is 5.75 Å². The van der Waals surface area contributed by atoms with E-state index < -0.39 is 5.97 Å². The number of ether oxygens (including phenoxy) is 3. The summed E-state index contributed by atoms with van der Waals surface area (Å²) < 4.78 is 15.8. The number of esters is 1. The molecule has 2 aromatic rings. The van der Waals surface area contributed by atoms with E-state index in [1.807, 2.05) is 39.0 Å². The highest BCUT2D eigenvalue weighted by atomic mass is 16.6. The van der Waals surface area contributed by atoms with Gasteiger partial charge in [-0.3, -0.25) is 4.79 Å². The molecule has 0 heterocycles. The predicted octanol–water partition coefficient (Wildman–Crippen LogP) is 3.51. The van der Waals surface area contributed by atoms with Gasteiger partial charge in [-0.15, -0.1) is 0 Å². The Balaban J connectivity index is 1.81. The third-order valence-corrected chi connectivity index (χ3v) is 3.76. The van der Waals surface area contributed by atoms with E-state index in [2.05, 4.69) is 5.32 Å². The van der Waals surface area contributed by atoms with Crippen molar-refractivity contribution < 1.29 is 23.8 Å². The van der Waals surface area contributed by atoms with Crippen molar-refractivity contribution in [2.45, 2.75) is 20.8 Å². The Bertz CT molecular complexity index is 771. The van der Waals surface area contributed by atoms with Gasteiger partial charge in [0, 0.05) is 12.3 Å². The minimum Gasteiger partial charge on any atom is -0.483 e. The van der Waals surface area contributed by atoms with Gasteiger partial charge >= 0.3 is 5.97 Å². The molecule has 0 unspecified atom stereocenters. The Morgan fingerprint density at radius 2 is 1.74 bits per heavy atom. The van der Waals surface area contributed by atoms with Crippen LogP contribution in [0.1, 0.15) is 28.4 Å². The number of amides is 1. The largest absolute Gasteiger partial charge is 0.483 e. The highest BCUT2D eigenvalue weighted by Gasteiger charge is 2.09. The number of aryl methyl sites for hydroxylation is 2. The predicted molar refractivity (Wildman–Crippen MR) is 103 cm³/mol. The zero-order valence-electron chi connectivity index (χ0n) is 15.9. The second-order valence-electron chi connectivity index (χ2n) is 6.02. The van der Waals surface area contributed by atoms with Crippen LogP contribution in [0.4, 0.5) is 5.69 Å². The van der Waals surface area contributed by atoms with Crippen LogP contribution in [0.25, 0.3) is 0 Å². The molecule has 0 aliphatic carbocycles. The summed E-state index contributed by atoms with van der Waals surface area (Å²) in [5.74, 6) is -0.0197. The number of carbonyl (C=O) groups is 2. The van der Waals surface area contributed by atoms with Gasteiger partial charge in [0.2, 0.25) is 0 Å². The lowest BCUT2D eigenvalue weighted by Gasteiger charge is -2.10. The standard InChI is InChI=1S/C21H25NO5/c1-4-25-11-12-26-21(24)17-6-8-18(9-7-17)22-20(23)14-27-19-10-5-15(2)13-16(19)3/h5-10,13H,4,11-12,14H2,1-3H3,(H,22,23). The summed E-state index contributed by atoms with van der Waals surface area (Å²) in [6, 6.07) is 12.3. The van der Waals surface area contributed by atoms with Gasteiger partial charge in [-0.2, -0.15) is 0 Å². The van der Waals surface area contributed by atoms with Crippen LogP contribution in [0.3, 0.4) is 0 Å². The third-order valence-electron chi connectivity index (χ3n) is 3.76. The van der Waals surface area contributed by atoms with Gasteiger partial charge in [-0.1, -0.05) is 17.7 Å². The zero-order valence-corrected chi connectivity index (χ0v) is 15.9. The molecule has 6 heteroatoms. The normalized spacial score (nSPS) is 10.3.